The normalized spacial score (nSPS) is 11.0. The summed E-state index contributed by atoms with van der Waals surface area (Å²) < 4.78 is 12.6. The third kappa shape index (κ3) is 4.23. The van der Waals surface area contributed by atoms with E-state index in [1.807, 2.05) is 0 Å². The zero-order valence-electron chi connectivity index (χ0n) is 13.9. The Bertz CT molecular complexity index is 953. The average Bonchev–Trinajstić information content (AvgIpc) is 3.27. The Morgan fingerprint density at radius 3 is 2.69 bits per heavy atom. The minimum absolute atomic E-state index is 0.000320. The molecule has 0 saturated heterocycles. The lowest BCUT2D eigenvalue weighted by Crippen LogP contribution is -1.97. The number of ether oxygens (including phenoxy) is 1. The van der Waals surface area contributed by atoms with Gasteiger partial charge in [0, 0.05) is 25.4 Å². The van der Waals surface area contributed by atoms with Gasteiger partial charge in [-0.25, -0.2) is 0 Å². The van der Waals surface area contributed by atoms with Crippen LogP contribution < -0.4 is 4.74 Å². The first-order valence-electron chi connectivity index (χ1n) is 7.69. The molecule has 0 spiro atoms. The number of benzene rings is 1. The molecule has 3 rings (SSSR count). The van der Waals surface area contributed by atoms with Gasteiger partial charge in [-0.1, -0.05) is 0 Å². The standard InChI is InChI=1S/C18H15N3O5/c1-20-11-10-17(19-20)18(22)9-8-15-6-7-16(26-15)12-25-14-4-2-13(3-5-14)21(23)24/h2-11H,12H2,1H3/b9-8+. The van der Waals surface area contributed by atoms with Crippen molar-refractivity contribution in [2.45, 2.75) is 6.61 Å². The molecule has 132 valence electrons. The Hall–Kier alpha value is -3.68. The Morgan fingerprint density at radius 1 is 1.27 bits per heavy atom. The van der Waals surface area contributed by atoms with Crippen LogP contribution in [0.5, 0.6) is 5.75 Å². The largest absolute Gasteiger partial charge is 0.486 e. The maximum atomic E-state index is 11.9. The van der Waals surface area contributed by atoms with Crippen LogP contribution in [0.1, 0.15) is 22.0 Å². The molecule has 2 heterocycles. The lowest BCUT2D eigenvalue weighted by Gasteiger charge is -2.03. The number of furan rings is 1. The molecule has 8 nitrogen and oxygen atoms in total. The Balaban J connectivity index is 1.56. The molecule has 0 aliphatic carbocycles. The van der Waals surface area contributed by atoms with Crippen LogP contribution in [0.15, 0.2) is 59.2 Å². The smallest absolute Gasteiger partial charge is 0.269 e. The zero-order valence-corrected chi connectivity index (χ0v) is 13.9. The quantitative estimate of drug-likeness (QED) is 0.279. The number of rotatable bonds is 7. The number of aryl methyl sites for hydroxylation is 1. The maximum absolute atomic E-state index is 11.9. The van der Waals surface area contributed by atoms with Gasteiger partial charge in [-0.2, -0.15) is 5.10 Å². The fourth-order valence-electron chi connectivity index (χ4n) is 2.17. The summed E-state index contributed by atoms with van der Waals surface area (Å²) in [5.74, 6) is 1.35. The van der Waals surface area contributed by atoms with Gasteiger partial charge in [0.2, 0.25) is 5.78 Å². The van der Waals surface area contributed by atoms with Gasteiger partial charge in [-0.15, -0.1) is 0 Å². The number of hydrogen-bond acceptors (Lipinski definition) is 6. The van der Waals surface area contributed by atoms with E-state index in [0.717, 1.165) is 0 Å². The Morgan fingerprint density at radius 2 is 2.04 bits per heavy atom. The van der Waals surface area contributed by atoms with Crippen molar-refractivity contribution in [2.24, 2.45) is 7.05 Å². The van der Waals surface area contributed by atoms with Crippen LogP contribution in [0.3, 0.4) is 0 Å². The van der Waals surface area contributed by atoms with Crippen LogP contribution >= 0.6 is 0 Å². The van der Waals surface area contributed by atoms with Crippen LogP contribution in [0, 0.1) is 10.1 Å². The summed E-state index contributed by atoms with van der Waals surface area (Å²) in [4.78, 5) is 22.1. The van der Waals surface area contributed by atoms with Gasteiger partial charge in [0.15, 0.2) is 0 Å². The molecule has 0 unspecified atom stereocenters. The van der Waals surface area contributed by atoms with Gasteiger partial charge in [0.1, 0.15) is 29.6 Å². The first kappa shape index (κ1) is 17.2. The molecule has 26 heavy (non-hydrogen) atoms. The topological polar surface area (TPSA) is 100 Å². The molecule has 0 bridgehead atoms. The molecular weight excluding hydrogens is 338 g/mol. The molecule has 0 atom stereocenters. The summed E-state index contributed by atoms with van der Waals surface area (Å²) >= 11 is 0. The number of ketones is 1. The van der Waals surface area contributed by atoms with Gasteiger partial charge in [-0.3, -0.25) is 19.6 Å². The SMILES string of the molecule is Cn1ccc(C(=O)/C=C/c2ccc(COc3ccc([N+](=O)[O-])cc3)o2)n1. The van der Waals surface area contributed by atoms with E-state index in [0.29, 0.717) is 23.0 Å². The van der Waals surface area contributed by atoms with Crippen LogP contribution in [-0.2, 0) is 13.7 Å². The van der Waals surface area contributed by atoms with Crippen molar-refractivity contribution < 1.29 is 18.9 Å². The average molecular weight is 353 g/mol. The highest BCUT2D eigenvalue weighted by molar-refractivity contribution is 6.05. The summed E-state index contributed by atoms with van der Waals surface area (Å²) in [7, 11) is 1.74. The minimum atomic E-state index is -0.471. The summed E-state index contributed by atoms with van der Waals surface area (Å²) in [5, 5.41) is 14.6. The monoisotopic (exact) mass is 353 g/mol. The molecule has 0 saturated carbocycles. The fraction of sp³-hybridized carbons (Fsp3) is 0.111. The number of nitrogens with zero attached hydrogens (tertiary/aromatic N) is 3. The molecule has 2 aromatic heterocycles. The van der Waals surface area contributed by atoms with Crippen molar-refractivity contribution in [1.29, 1.82) is 0 Å². The first-order valence-corrected chi connectivity index (χ1v) is 7.69. The number of allylic oxidation sites excluding steroid dienone is 1. The molecule has 0 N–H and O–H groups in total. The van der Waals surface area contributed by atoms with E-state index in [4.69, 9.17) is 9.15 Å². The Labute approximate surface area is 148 Å². The van der Waals surface area contributed by atoms with Crippen molar-refractivity contribution in [3.05, 3.63) is 82.1 Å². The molecule has 0 radical (unpaired) electrons. The van der Waals surface area contributed by atoms with Crippen molar-refractivity contribution in [3.63, 3.8) is 0 Å². The van der Waals surface area contributed by atoms with Crippen LogP contribution in [0.2, 0.25) is 0 Å². The van der Waals surface area contributed by atoms with E-state index in [1.165, 1.54) is 30.3 Å². The maximum Gasteiger partial charge on any atom is 0.269 e. The highest BCUT2D eigenvalue weighted by Crippen LogP contribution is 2.19. The van der Waals surface area contributed by atoms with E-state index >= 15 is 0 Å². The fourth-order valence-corrected chi connectivity index (χ4v) is 2.17. The Kier molecular flexibility index (Phi) is 4.93. The molecule has 3 aromatic rings. The van der Waals surface area contributed by atoms with Crippen LogP contribution in [0.25, 0.3) is 6.08 Å². The summed E-state index contributed by atoms with van der Waals surface area (Å²) in [5.41, 5.74) is 0.359. The van der Waals surface area contributed by atoms with Crippen molar-refractivity contribution in [1.82, 2.24) is 9.78 Å². The lowest BCUT2D eigenvalue weighted by atomic mass is 10.2. The van der Waals surface area contributed by atoms with Crippen molar-refractivity contribution >= 4 is 17.5 Å². The lowest BCUT2D eigenvalue weighted by molar-refractivity contribution is -0.384. The van der Waals surface area contributed by atoms with Crippen molar-refractivity contribution in [3.8, 4) is 5.75 Å². The van der Waals surface area contributed by atoms with Gasteiger partial charge in [0.25, 0.3) is 5.69 Å². The third-order valence-electron chi connectivity index (χ3n) is 3.48. The molecule has 8 heteroatoms. The highest BCUT2D eigenvalue weighted by Gasteiger charge is 2.07. The third-order valence-corrected chi connectivity index (χ3v) is 3.48. The van der Waals surface area contributed by atoms with Gasteiger partial charge < -0.3 is 9.15 Å². The van der Waals surface area contributed by atoms with E-state index in [2.05, 4.69) is 5.10 Å². The first-order chi connectivity index (χ1) is 12.5. The van der Waals surface area contributed by atoms with Gasteiger partial charge in [0.05, 0.1) is 4.92 Å². The number of aromatic nitrogens is 2. The summed E-state index contributed by atoms with van der Waals surface area (Å²) in [6, 6.07) is 10.9. The van der Waals surface area contributed by atoms with Crippen LogP contribution in [-0.4, -0.2) is 20.5 Å². The second-order valence-corrected chi connectivity index (χ2v) is 5.42. The molecule has 1 aromatic carbocycles. The number of nitro benzene ring substituents is 1. The van der Waals surface area contributed by atoms with E-state index in [-0.39, 0.29) is 18.1 Å². The minimum Gasteiger partial charge on any atom is -0.486 e. The zero-order chi connectivity index (χ0) is 18.5. The predicted molar refractivity (Wildman–Crippen MR) is 92.7 cm³/mol. The van der Waals surface area contributed by atoms with Crippen molar-refractivity contribution in [2.75, 3.05) is 0 Å². The van der Waals surface area contributed by atoms with Gasteiger partial charge >= 0.3 is 0 Å². The summed E-state index contributed by atoms with van der Waals surface area (Å²) in [6.45, 7) is 0.167. The second kappa shape index (κ2) is 7.47. The molecule has 0 amide bonds. The predicted octanol–water partition coefficient (Wildman–Crippen LogP) is 3.40. The second-order valence-electron chi connectivity index (χ2n) is 5.42. The molecule has 0 aliphatic rings. The number of carbonyl (C=O) groups excluding carboxylic acids is 1. The van der Waals surface area contributed by atoms with Gasteiger partial charge in [-0.05, 0) is 42.5 Å². The molecule has 0 fully saturated rings. The number of carbonyl (C=O) groups is 1. The summed E-state index contributed by atoms with van der Waals surface area (Å²) in [6.07, 6.45) is 4.65. The highest BCUT2D eigenvalue weighted by atomic mass is 16.6. The van der Waals surface area contributed by atoms with E-state index in [1.54, 1.807) is 42.2 Å². The molecule has 0 aliphatic heterocycles. The van der Waals surface area contributed by atoms with E-state index < -0.39 is 4.92 Å². The molecular formula is C18H15N3O5. The number of nitro groups is 1. The number of non-ortho nitro benzene ring substituents is 1. The number of hydrogen-bond donors (Lipinski definition) is 0. The van der Waals surface area contributed by atoms with Crippen LogP contribution in [0.4, 0.5) is 5.69 Å². The van der Waals surface area contributed by atoms with E-state index in [9.17, 15) is 14.9 Å².